The molecule has 4 heteroatoms. The summed E-state index contributed by atoms with van der Waals surface area (Å²) < 4.78 is 24.1. The summed E-state index contributed by atoms with van der Waals surface area (Å²) in [5.41, 5.74) is 0.502. The molecule has 1 aromatic carbocycles. The fourth-order valence-electron chi connectivity index (χ4n) is 1.79. The Balaban J connectivity index is 2.00. The van der Waals surface area contributed by atoms with Crippen molar-refractivity contribution in [2.75, 3.05) is 26.4 Å². The molecule has 1 fully saturated rings. The predicted octanol–water partition coefficient (Wildman–Crippen LogP) is 1.58. The van der Waals surface area contributed by atoms with Gasteiger partial charge in [-0.2, -0.15) is 0 Å². The number of hydrogen-bond acceptors (Lipinski definition) is 3. The van der Waals surface area contributed by atoms with Gasteiger partial charge in [0.05, 0.1) is 13.2 Å². The third-order valence-electron chi connectivity index (χ3n) is 2.69. The smallest absolute Gasteiger partial charge is 0.128 e. The highest BCUT2D eigenvalue weighted by Gasteiger charge is 2.16. The summed E-state index contributed by atoms with van der Waals surface area (Å²) >= 11 is 0. The van der Waals surface area contributed by atoms with Crippen LogP contribution in [0.4, 0.5) is 4.39 Å². The quantitative estimate of drug-likeness (QED) is 0.828. The summed E-state index contributed by atoms with van der Waals surface area (Å²) in [7, 11) is 0. The first-order valence-corrected chi connectivity index (χ1v) is 5.89. The highest BCUT2D eigenvalue weighted by molar-refractivity contribution is 5.40. The maximum absolute atomic E-state index is 13.3. The van der Waals surface area contributed by atoms with Crippen molar-refractivity contribution in [2.45, 2.75) is 6.42 Å². The van der Waals surface area contributed by atoms with Gasteiger partial charge >= 0.3 is 0 Å². The number of benzene rings is 1. The molecule has 0 amide bonds. The maximum atomic E-state index is 13.3. The Morgan fingerprint density at radius 3 is 3.06 bits per heavy atom. The molecular weight excluding hydrogens is 235 g/mol. The molecule has 1 aromatic rings. The maximum Gasteiger partial charge on any atom is 0.128 e. The first-order chi connectivity index (χ1) is 8.78. The highest BCUT2D eigenvalue weighted by Crippen LogP contribution is 2.19. The van der Waals surface area contributed by atoms with Crippen LogP contribution in [-0.2, 0) is 4.74 Å². The highest BCUT2D eigenvalue weighted by atomic mass is 19.1. The molecule has 96 valence electrons. The number of hydrogen-bond donors (Lipinski definition) is 1. The second kappa shape index (κ2) is 6.39. The van der Waals surface area contributed by atoms with Gasteiger partial charge in [0.1, 0.15) is 18.2 Å². The second-order valence-corrected chi connectivity index (χ2v) is 4.18. The summed E-state index contributed by atoms with van der Waals surface area (Å²) in [6, 6.07) is 4.32. The van der Waals surface area contributed by atoms with Crippen molar-refractivity contribution in [1.29, 1.82) is 0 Å². The Labute approximate surface area is 106 Å². The van der Waals surface area contributed by atoms with E-state index in [-0.39, 0.29) is 6.61 Å². The molecule has 1 saturated heterocycles. The molecule has 1 N–H and O–H groups in total. The number of aliphatic hydroxyl groups excluding tert-OH is 1. The zero-order chi connectivity index (χ0) is 12.8. The molecule has 0 aromatic heterocycles. The molecule has 1 atom stereocenters. The Bertz CT molecular complexity index is 456. The molecule has 0 saturated carbocycles. The second-order valence-electron chi connectivity index (χ2n) is 4.18. The largest absolute Gasteiger partial charge is 0.493 e. The third kappa shape index (κ3) is 3.73. The zero-order valence-electron chi connectivity index (χ0n) is 9.99. The van der Waals surface area contributed by atoms with Crippen LogP contribution in [0.15, 0.2) is 18.2 Å². The van der Waals surface area contributed by atoms with Gasteiger partial charge in [0, 0.05) is 24.2 Å². The van der Waals surface area contributed by atoms with Gasteiger partial charge in [-0.15, -0.1) is 0 Å². The van der Waals surface area contributed by atoms with Crippen LogP contribution in [0.1, 0.15) is 12.0 Å². The van der Waals surface area contributed by atoms with E-state index < -0.39 is 5.82 Å². The fourth-order valence-corrected chi connectivity index (χ4v) is 1.79. The van der Waals surface area contributed by atoms with Gasteiger partial charge in [-0.3, -0.25) is 0 Å². The van der Waals surface area contributed by atoms with Crippen molar-refractivity contribution in [1.82, 2.24) is 0 Å². The van der Waals surface area contributed by atoms with Crippen LogP contribution in [0.2, 0.25) is 0 Å². The average Bonchev–Trinajstić information content (AvgIpc) is 2.86. The third-order valence-corrected chi connectivity index (χ3v) is 2.69. The van der Waals surface area contributed by atoms with Crippen LogP contribution in [0.3, 0.4) is 0 Å². The molecule has 0 aliphatic carbocycles. The molecule has 1 aliphatic heterocycles. The van der Waals surface area contributed by atoms with E-state index >= 15 is 0 Å². The van der Waals surface area contributed by atoms with Crippen LogP contribution in [0, 0.1) is 23.6 Å². The molecule has 1 aliphatic rings. The van der Waals surface area contributed by atoms with Crippen molar-refractivity contribution in [3.8, 4) is 17.6 Å². The summed E-state index contributed by atoms with van der Waals surface area (Å²) in [5, 5.41) is 8.60. The van der Waals surface area contributed by atoms with E-state index in [0.29, 0.717) is 30.4 Å². The molecule has 1 heterocycles. The first kappa shape index (κ1) is 12.9. The van der Waals surface area contributed by atoms with Gasteiger partial charge in [0.2, 0.25) is 0 Å². The Morgan fingerprint density at radius 2 is 2.33 bits per heavy atom. The van der Waals surface area contributed by atoms with Gasteiger partial charge in [0.15, 0.2) is 0 Å². The summed E-state index contributed by atoms with van der Waals surface area (Å²) in [6.45, 7) is 1.75. The molecule has 0 radical (unpaired) electrons. The van der Waals surface area contributed by atoms with Crippen molar-refractivity contribution in [3.05, 3.63) is 29.6 Å². The van der Waals surface area contributed by atoms with Gasteiger partial charge in [-0.1, -0.05) is 11.8 Å². The molecular formula is C14H15FO3. The first-order valence-electron chi connectivity index (χ1n) is 5.89. The minimum Gasteiger partial charge on any atom is -0.493 e. The number of ether oxygens (including phenoxy) is 2. The monoisotopic (exact) mass is 250 g/mol. The summed E-state index contributed by atoms with van der Waals surface area (Å²) in [6.07, 6.45) is 0.979. The minimum absolute atomic E-state index is 0.244. The molecule has 0 spiro atoms. The van der Waals surface area contributed by atoms with E-state index in [2.05, 4.69) is 11.8 Å². The van der Waals surface area contributed by atoms with Crippen LogP contribution in [0.25, 0.3) is 0 Å². The molecule has 1 unspecified atom stereocenters. The van der Waals surface area contributed by atoms with Gasteiger partial charge in [-0.05, 0) is 18.6 Å². The fraction of sp³-hybridized carbons (Fsp3) is 0.429. The van der Waals surface area contributed by atoms with E-state index in [4.69, 9.17) is 14.6 Å². The summed E-state index contributed by atoms with van der Waals surface area (Å²) in [4.78, 5) is 0. The zero-order valence-corrected chi connectivity index (χ0v) is 9.99. The molecule has 0 bridgehead atoms. The number of rotatable bonds is 3. The lowest BCUT2D eigenvalue weighted by Crippen LogP contribution is -2.11. The average molecular weight is 250 g/mol. The van der Waals surface area contributed by atoms with Crippen LogP contribution in [0.5, 0.6) is 5.75 Å². The van der Waals surface area contributed by atoms with Crippen molar-refractivity contribution >= 4 is 0 Å². The van der Waals surface area contributed by atoms with Gasteiger partial charge in [0.25, 0.3) is 0 Å². The Morgan fingerprint density at radius 1 is 1.44 bits per heavy atom. The van der Waals surface area contributed by atoms with E-state index in [1.54, 1.807) is 6.07 Å². The Kier molecular flexibility index (Phi) is 4.57. The molecule has 2 rings (SSSR count). The lowest BCUT2D eigenvalue weighted by Gasteiger charge is -2.10. The minimum atomic E-state index is -0.391. The SMILES string of the molecule is OCC#Cc1cc(F)cc(OCC2CCOC2)c1. The molecule has 3 nitrogen and oxygen atoms in total. The van der Waals surface area contributed by atoms with E-state index in [1.165, 1.54) is 12.1 Å². The van der Waals surface area contributed by atoms with Crippen LogP contribution < -0.4 is 4.74 Å². The van der Waals surface area contributed by atoms with Crippen molar-refractivity contribution < 1.29 is 19.0 Å². The number of halogens is 1. The van der Waals surface area contributed by atoms with Crippen LogP contribution >= 0.6 is 0 Å². The summed E-state index contributed by atoms with van der Waals surface area (Å²) in [5.74, 6) is 5.58. The predicted molar refractivity (Wildman–Crippen MR) is 64.8 cm³/mol. The van der Waals surface area contributed by atoms with Crippen molar-refractivity contribution in [3.63, 3.8) is 0 Å². The van der Waals surface area contributed by atoms with E-state index in [1.807, 2.05) is 0 Å². The lowest BCUT2D eigenvalue weighted by atomic mass is 10.1. The molecule has 18 heavy (non-hydrogen) atoms. The van der Waals surface area contributed by atoms with E-state index in [9.17, 15) is 4.39 Å². The topological polar surface area (TPSA) is 38.7 Å². The number of aliphatic hydroxyl groups is 1. The van der Waals surface area contributed by atoms with Crippen LogP contribution in [-0.4, -0.2) is 31.5 Å². The van der Waals surface area contributed by atoms with E-state index in [0.717, 1.165) is 13.0 Å². The normalized spacial score (nSPS) is 18.2. The lowest BCUT2D eigenvalue weighted by molar-refractivity contribution is 0.167. The van der Waals surface area contributed by atoms with Gasteiger partial charge < -0.3 is 14.6 Å². The van der Waals surface area contributed by atoms with Gasteiger partial charge in [-0.25, -0.2) is 4.39 Å². The standard InChI is InChI=1S/C14H15FO3/c15-13-6-11(2-1-4-16)7-14(8-13)18-10-12-3-5-17-9-12/h6-8,12,16H,3-5,9-10H2. The Hall–Kier alpha value is -1.57. The van der Waals surface area contributed by atoms with Crippen molar-refractivity contribution in [2.24, 2.45) is 5.92 Å².